The van der Waals surface area contributed by atoms with Crippen molar-refractivity contribution < 1.29 is 27.5 Å². The van der Waals surface area contributed by atoms with E-state index in [4.69, 9.17) is 4.74 Å². The molecule has 0 aliphatic rings. The van der Waals surface area contributed by atoms with Crippen molar-refractivity contribution in [2.45, 2.75) is 53.3 Å². The number of alkyl halides is 3. The fourth-order valence-corrected chi connectivity index (χ4v) is 2.73. The van der Waals surface area contributed by atoms with Gasteiger partial charge in [-0.3, -0.25) is 9.59 Å². The summed E-state index contributed by atoms with van der Waals surface area (Å²) in [6, 6.07) is 4.53. The number of halogens is 3. The fourth-order valence-electron chi connectivity index (χ4n) is 2.73. The number of anilines is 1. The SMILES string of the molecule is Cc1cc(C(C)NC(=O)c2cc(C)c(OCCC(F)(F)F)cn2)cc(NC(=O)C(C)C)n1. The molecule has 0 spiro atoms. The molecule has 0 radical (unpaired) electrons. The van der Waals surface area contributed by atoms with Crippen molar-refractivity contribution in [3.05, 3.63) is 46.9 Å². The molecule has 2 heterocycles. The largest absolute Gasteiger partial charge is 0.491 e. The van der Waals surface area contributed by atoms with Crippen LogP contribution in [-0.4, -0.2) is 34.6 Å². The van der Waals surface area contributed by atoms with Crippen molar-refractivity contribution in [3.8, 4) is 5.75 Å². The Bertz CT molecular complexity index is 977. The number of carbonyl (C=O) groups is 2. The molecule has 1 unspecified atom stereocenters. The van der Waals surface area contributed by atoms with Crippen molar-refractivity contribution in [2.75, 3.05) is 11.9 Å². The molecule has 0 aliphatic heterocycles. The highest BCUT2D eigenvalue weighted by Gasteiger charge is 2.27. The highest BCUT2D eigenvalue weighted by atomic mass is 19.4. The predicted octanol–water partition coefficient (Wildman–Crippen LogP) is 4.51. The van der Waals surface area contributed by atoms with Crippen molar-refractivity contribution in [2.24, 2.45) is 5.92 Å². The normalized spacial score (nSPS) is 12.4. The van der Waals surface area contributed by atoms with Crippen LogP contribution in [-0.2, 0) is 4.79 Å². The fraction of sp³-hybridized carbons (Fsp3) is 0.455. The van der Waals surface area contributed by atoms with E-state index in [9.17, 15) is 22.8 Å². The number of nitrogens with one attached hydrogen (secondary N) is 2. The van der Waals surface area contributed by atoms with E-state index < -0.39 is 31.2 Å². The topological polar surface area (TPSA) is 93.2 Å². The van der Waals surface area contributed by atoms with Crippen molar-refractivity contribution in [3.63, 3.8) is 0 Å². The van der Waals surface area contributed by atoms with Gasteiger partial charge in [0, 0.05) is 11.6 Å². The lowest BCUT2D eigenvalue weighted by molar-refractivity contribution is -0.139. The standard InChI is InChI=1S/C22H27F3N4O3/c1-12(2)20(30)29-19-10-16(9-14(4)27-19)15(5)28-21(31)17-8-13(3)18(11-26-17)32-7-6-22(23,24)25/h8-12,15H,6-7H2,1-5H3,(H,28,31)(H,27,29,30). The maximum atomic E-state index is 12.6. The lowest BCUT2D eigenvalue weighted by Gasteiger charge is -2.17. The Morgan fingerprint density at radius 2 is 1.81 bits per heavy atom. The van der Waals surface area contributed by atoms with Gasteiger partial charge in [-0.15, -0.1) is 0 Å². The summed E-state index contributed by atoms with van der Waals surface area (Å²) in [6.07, 6.45) is -4.14. The highest BCUT2D eigenvalue weighted by molar-refractivity contribution is 5.93. The van der Waals surface area contributed by atoms with E-state index in [1.807, 2.05) is 0 Å². The van der Waals surface area contributed by atoms with E-state index in [1.165, 1.54) is 12.3 Å². The second-order valence-corrected chi connectivity index (χ2v) is 7.81. The van der Waals surface area contributed by atoms with E-state index in [1.54, 1.807) is 46.8 Å². The molecule has 0 fully saturated rings. The van der Waals surface area contributed by atoms with Gasteiger partial charge in [0.15, 0.2) is 0 Å². The van der Waals surface area contributed by atoms with Crippen LogP contribution in [0, 0.1) is 19.8 Å². The molecule has 0 saturated carbocycles. The van der Waals surface area contributed by atoms with Gasteiger partial charge >= 0.3 is 6.18 Å². The second kappa shape index (κ2) is 10.4. The molecule has 32 heavy (non-hydrogen) atoms. The van der Waals surface area contributed by atoms with Gasteiger partial charge in [0.2, 0.25) is 5.91 Å². The van der Waals surface area contributed by atoms with Crippen LogP contribution in [0.1, 0.15) is 60.5 Å². The molecule has 0 bridgehead atoms. The summed E-state index contributed by atoms with van der Waals surface area (Å²) in [6.45, 7) is 8.22. The first kappa shape index (κ1) is 25.1. The molecular formula is C22H27F3N4O3. The lowest BCUT2D eigenvalue weighted by atomic mass is 10.1. The maximum absolute atomic E-state index is 12.6. The van der Waals surface area contributed by atoms with Gasteiger partial charge in [-0.2, -0.15) is 13.2 Å². The quantitative estimate of drug-likeness (QED) is 0.615. The lowest BCUT2D eigenvalue weighted by Crippen LogP contribution is -2.28. The molecular weight excluding hydrogens is 425 g/mol. The molecule has 7 nitrogen and oxygen atoms in total. The number of nitrogens with zero attached hydrogens (tertiary/aromatic N) is 2. The summed E-state index contributed by atoms with van der Waals surface area (Å²) in [7, 11) is 0. The molecule has 0 aliphatic carbocycles. The van der Waals surface area contributed by atoms with E-state index in [0.717, 1.165) is 5.56 Å². The second-order valence-electron chi connectivity index (χ2n) is 7.81. The minimum atomic E-state index is -4.31. The first-order valence-electron chi connectivity index (χ1n) is 10.1. The number of hydrogen-bond donors (Lipinski definition) is 2. The molecule has 2 aromatic heterocycles. The Kier molecular flexibility index (Phi) is 8.18. The van der Waals surface area contributed by atoms with E-state index in [-0.39, 0.29) is 23.3 Å². The minimum Gasteiger partial charge on any atom is -0.491 e. The number of aryl methyl sites for hydroxylation is 2. The van der Waals surface area contributed by atoms with Gasteiger partial charge in [0.25, 0.3) is 5.91 Å². The Hall–Kier alpha value is -3.17. The summed E-state index contributed by atoms with van der Waals surface area (Å²) in [5, 5.41) is 5.56. The Balaban J connectivity index is 2.06. The van der Waals surface area contributed by atoms with Crippen LogP contribution in [0.4, 0.5) is 19.0 Å². The monoisotopic (exact) mass is 452 g/mol. The van der Waals surface area contributed by atoms with Gasteiger partial charge in [0.05, 0.1) is 25.3 Å². The van der Waals surface area contributed by atoms with E-state index in [2.05, 4.69) is 20.6 Å². The number of amides is 2. The third-order valence-corrected chi connectivity index (χ3v) is 4.54. The summed E-state index contributed by atoms with van der Waals surface area (Å²) in [4.78, 5) is 32.9. The van der Waals surface area contributed by atoms with Crippen LogP contribution in [0.25, 0.3) is 0 Å². The van der Waals surface area contributed by atoms with Crippen LogP contribution in [0.2, 0.25) is 0 Å². The Morgan fingerprint density at radius 3 is 2.41 bits per heavy atom. The number of hydrogen-bond acceptors (Lipinski definition) is 5. The van der Waals surface area contributed by atoms with Gasteiger partial charge < -0.3 is 15.4 Å². The van der Waals surface area contributed by atoms with Crippen LogP contribution >= 0.6 is 0 Å². The number of rotatable bonds is 8. The predicted molar refractivity (Wildman–Crippen MR) is 113 cm³/mol. The third-order valence-electron chi connectivity index (χ3n) is 4.54. The number of carbonyl (C=O) groups excluding carboxylic acids is 2. The van der Waals surface area contributed by atoms with Crippen LogP contribution in [0.3, 0.4) is 0 Å². The van der Waals surface area contributed by atoms with Gasteiger partial charge in [0.1, 0.15) is 17.3 Å². The Morgan fingerprint density at radius 1 is 1.12 bits per heavy atom. The number of pyridine rings is 2. The zero-order chi connectivity index (χ0) is 24.1. The van der Waals surface area contributed by atoms with E-state index in [0.29, 0.717) is 17.1 Å². The summed E-state index contributed by atoms with van der Waals surface area (Å²) in [5.74, 6) is -0.233. The molecule has 2 N–H and O–H groups in total. The zero-order valence-electron chi connectivity index (χ0n) is 18.6. The number of ether oxygens (including phenoxy) is 1. The van der Waals surface area contributed by atoms with Crippen molar-refractivity contribution in [1.82, 2.24) is 15.3 Å². The Labute approximate surface area is 184 Å². The molecule has 2 amide bonds. The molecule has 174 valence electrons. The first-order valence-corrected chi connectivity index (χ1v) is 10.1. The van der Waals surface area contributed by atoms with E-state index >= 15 is 0 Å². The van der Waals surface area contributed by atoms with Crippen molar-refractivity contribution >= 4 is 17.6 Å². The van der Waals surface area contributed by atoms with Crippen LogP contribution in [0.15, 0.2) is 24.4 Å². The first-order chi connectivity index (χ1) is 14.9. The van der Waals surface area contributed by atoms with Crippen LogP contribution in [0.5, 0.6) is 5.75 Å². The maximum Gasteiger partial charge on any atom is 0.392 e. The third kappa shape index (κ3) is 7.51. The minimum absolute atomic E-state index is 0.108. The van der Waals surface area contributed by atoms with Gasteiger partial charge in [-0.05, 0) is 50.1 Å². The molecule has 2 rings (SSSR count). The van der Waals surface area contributed by atoms with Crippen LogP contribution < -0.4 is 15.4 Å². The summed E-state index contributed by atoms with van der Waals surface area (Å²) < 4.78 is 41.9. The molecule has 2 aromatic rings. The molecule has 10 heteroatoms. The van der Waals surface area contributed by atoms with Gasteiger partial charge in [-0.1, -0.05) is 13.8 Å². The average Bonchev–Trinajstić information content (AvgIpc) is 2.67. The highest BCUT2D eigenvalue weighted by Crippen LogP contribution is 2.23. The van der Waals surface area contributed by atoms with Gasteiger partial charge in [-0.25, -0.2) is 9.97 Å². The zero-order valence-corrected chi connectivity index (χ0v) is 18.6. The molecule has 1 atom stereocenters. The average molecular weight is 452 g/mol. The molecule has 0 saturated heterocycles. The smallest absolute Gasteiger partial charge is 0.392 e. The van der Waals surface area contributed by atoms with Crippen molar-refractivity contribution in [1.29, 1.82) is 0 Å². The summed E-state index contributed by atoms with van der Waals surface area (Å²) >= 11 is 0. The number of aromatic nitrogens is 2. The summed E-state index contributed by atoms with van der Waals surface area (Å²) in [5.41, 5.74) is 2.03. The molecule has 0 aromatic carbocycles.